The number of rotatable bonds is 8. The Hall–Kier alpha value is -3.24. The molecule has 0 aliphatic carbocycles. The number of nitrogens with zero attached hydrogens (tertiary/aromatic N) is 5. The third-order valence-electron chi connectivity index (χ3n) is 5.54. The molecule has 3 heterocycles. The molecule has 1 atom stereocenters. The normalized spacial score (nSPS) is 12.8. The van der Waals surface area contributed by atoms with Crippen molar-refractivity contribution >= 4 is 27.8 Å². The van der Waals surface area contributed by atoms with Gasteiger partial charge in [0.05, 0.1) is 45.9 Å². The highest BCUT2D eigenvalue weighted by Crippen LogP contribution is 2.38. The van der Waals surface area contributed by atoms with Crippen LogP contribution in [0.2, 0.25) is 5.02 Å². The van der Waals surface area contributed by atoms with E-state index in [1.807, 2.05) is 40.8 Å². The molecule has 0 radical (unpaired) electrons. The van der Waals surface area contributed by atoms with Crippen molar-refractivity contribution in [3.63, 3.8) is 0 Å². The molecule has 2 aromatic carbocycles. The van der Waals surface area contributed by atoms with Gasteiger partial charge >= 0.3 is 0 Å². The van der Waals surface area contributed by atoms with Crippen molar-refractivity contribution in [1.29, 1.82) is 0 Å². The van der Waals surface area contributed by atoms with Crippen molar-refractivity contribution in [2.75, 3.05) is 6.61 Å². The van der Waals surface area contributed by atoms with Crippen LogP contribution in [0, 0.1) is 0 Å². The average molecular weight is 510 g/mol. The molecule has 0 bridgehead atoms. The second-order valence-corrected chi connectivity index (χ2v) is 10.2. The largest absolute Gasteiger partial charge is 0.492 e. The molecule has 35 heavy (non-hydrogen) atoms. The minimum atomic E-state index is -1.01. The molecule has 5 aromatic rings. The van der Waals surface area contributed by atoms with E-state index in [4.69, 9.17) is 16.3 Å². The molecule has 180 valence electrons. The van der Waals surface area contributed by atoms with E-state index in [1.54, 1.807) is 60.7 Å². The lowest BCUT2D eigenvalue weighted by atomic mass is 10.1. The van der Waals surface area contributed by atoms with Crippen LogP contribution in [0.4, 0.5) is 0 Å². The van der Waals surface area contributed by atoms with E-state index in [-0.39, 0.29) is 0 Å². The maximum absolute atomic E-state index is 11.3. The van der Waals surface area contributed by atoms with Gasteiger partial charge in [-0.3, -0.25) is 4.40 Å². The Morgan fingerprint density at radius 3 is 2.71 bits per heavy atom. The number of thiazole rings is 1. The number of fused-ring (bicyclic) bond motifs is 1. The van der Waals surface area contributed by atoms with Gasteiger partial charge in [0.1, 0.15) is 28.7 Å². The molecule has 0 saturated carbocycles. The first-order chi connectivity index (χ1) is 16.8. The van der Waals surface area contributed by atoms with Crippen LogP contribution in [0.1, 0.15) is 37.8 Å². The molecule has 2 N–H and O–H groups in total. The number of aromatic nitrogens is 5. The summed E-state index contributed by atoms with van der Waals surface area (Å²) in [6.45, 7) is 3.80. The van der Waals surface area contributed by atoms with E-state index in [0.717, 1.165) is 15.3 Å². The van der Waals surface area contributed by atoms with Gasteiger partial charge < -0.3 is 14.9 Å². The molecule has 1 unspecified atom stereocenters. The standard InChI is InChI=1S/C25H24ClN5O3S/c1-25(2,33)10-11-34-20-9-8-17(12-18(20)26)31-14-19(28-29-31)23(32)22-24(16-6-4-3-5-7-16)35-21-13-27-15-30(21)22/h3-9,12-15,23,32-33H,10-11H2,1-2H3. The van der Waals surface area contributed by atoms with Crippen molar-refractivity contribution in [2.45, 2.75) is 32.0 Å². The van der Waals surface area contributed by atoms with Gasteiger partial charge in [-0.1, -0.05) is 47.1 Å². The number of ether oxygens (including phenoxy) is 1. The molecule has 0 aliphatic rings. The molecule has 10 heteroatoms. The Morgan fingerprint density at radius 1 is 1.17 bits per heavy atom. The first-order valence-electron chi connectivity index (χ1n) is 11.1. The summed E-state index contributed by atoms with van der Waals surface area (Å²) in [7, 11) is 0. The van der Waals surface area contributed by atoms with Crippen LogP contribution in [-0.4, -0.2) is 46.8 Å². The fourth-order valence-corrected chi connectivity index (χ4v) is 5.05. The lowest BCUT2D eigenvalue weighted by Crippen LogP contribution is -2.21. The summed E-state index contributed by atoms with van der Waals surface area (Å²) >= 11 is 7.97. The number of aliphatic hydroxyl groups is 2. The summed E-state index contributed by atoms with van der Waals surface area (Å²) < 4.78 is 9.14. The zero-order chi connectivity index (χ0) is 24.6. The van der Waals surface area contributed by atoms with Crippen LogP contribution in [0.3, 0.4) is 0 Å². The molecule has 0 amide bonds. The zero-order valence-electron chi connectivity index (χ0n) is 19.2. The van der Waals surface area contributed by atoms with E-state index in [2.05, 4.69) is 15.3 Å². The highest BCUT2D eigenvalue weighted by Gasteiger charge is 2.25. The fourth-order valence-electron chi connectivity index (χ4n) is 3.69. The van der Waals surface area contributed by atoms with E-state index >= 15 is 0 Å². The molecular formula is C25H24ClN5O3S. The average Bonchev–Trinajstić information content (AvgIpc) is 3.56. The molecule has 0 aliphatic heterocycles. The van der Waals surface area contributed by atoms with E-state index in [9.17, 15) is 10.2 Å². The fraction of sp³-hybridized carbons (Fsp3) is 0.240. The Morgan fingerprint density at radius 2 is 1.97 bits per heavy atom. The van der Waals surface area contributed by atoms with Crippen molar-refractivity contribution in [3.8, 4) is 21.9 Å². The van der Waals surface area contributed by atoms with Gasteiger partial charge in [-0.2, -0.15) is 0 Å². The monoisotopic (exact) mass is 509 g/mol. The van der Waals surface area contributed by atoms with Gasteiger partial charge in [-0.15, -0.1) is 16.4 Å². The van der Waals surface area contributed by atoms with Crippen LogP contribution >= 0.6 is 22.9 Å². The lowest BCUT2D eigenvalue weighted by molar-refractivity contribution is 0.0553. The maximum Gasteiger partial charge on any atom is 0.141 e. The van der Waals surface area contributed by atoms with Crippen LogP contribution in [0.25, 0.3) is 21.0 Å². The highest BCUT2D eigenvalue weighted by molar-refractivity contribution is 7.20. The minimum Gasteiger partial charge on any atom is -0.492 e. The quantitative estimate of drug-likeness (QED) is 0.308. The molecular weight excluding hydrogens is 486 g/mol. The molecule has 0 spiro atoms. The molecule has 3 aromatic heterocycles. The highest BCUT2D eigenvalue weighted by atomic mass is 35.5. The summed E-state index contributed by atoms with van der Waals surface area (Å²) in [4.78, 5) is 6.09. The Labute approximate surface area is 211 Å². The zero-order valence-corrected chi connectivity index (χ0v) is 20.7. The summed E-state index contributed by atoms with van der Waals surface area (Å²) in [6, 6.07) is 15.2. The first-order valence-corrected chi connectivity index (χ1v) is 12.3. The lowest BCUT2D eigenvalue weighted by Gasteiger charge is -2.17. The summed E-state index contributed by atoms with van der Waals surface area (Å²) in [5.74, 6) is 0.522. The summed E-state index contributed by atoms with van der Waals surface area (Å²) in [5, 5.41) is 30.0. The number of aliphatic hydroxyl groups excluding tert-OH is 1. The Balaban J connectivity index is 1.41. The number of halogens is 1. The van der Waals surface area contributed by atoms with Crippen LogP contribution in [0.5, 0.6) is 5.75 Å². The van der Waals surface area contributed by atoms with Crippen LogP contribution in [0.15, 0.2) is 67.3 Å². The number of hydrogen-bond acceptors (Lipinski definition) is 7. The summed E-state index contributed by atoms with van der Waals surface area (Å²) in [5.41, 5.74) is 1.97. The third-order valence-corrected chi connectivity index (χ3v) is 7.00. The summed E-state index contributed by atoms with van der Waals surface area (Å²) in [6.07, 6.45) is 4.62. The topological polar surface area (TPSA) is 97.7 Å². The van der Waals surface area contributed by atoms with Crippen molar-refractivity contribution in [3.05, 3.63) is 83.7 Å². The molecule has 8 nitrogen and oxygen atoms in total. The van der Waals surface area contributed by atoms with Crippen molar-refractivity contribution in [2.24, 2.45) is 0 Å². The minimum absolute atomic E-state index is 0.343. The molecule has 0 saturated heterocycles. The first kappa shape index (κ1) is 23.5. The predicted octanol–water partition coefficient (Wildman–Crippen LogP) is 4.92. The van der Waals surface area contributed by atoms with E-state index in [1.165, 1.54) is 0 Å². The number of imidazole rings is 1. The number of benzene rings is 2. The van der Waals surface area contributed by atoms with Crippen molar-refractivity contribution in [1.82, 2.24) is 24.4 Å². The van der Waals surface area contributed by atoms with Crippen LogP contribution < -0.4 is 4.74 Å². The van der Waals surface area contributed by atoms with Gasteiger partial charge in [0, 0.05) is 6.42 Å². The second kappa shape index (κ2) is 9.43. The van der Waals surface area contributed by atoms with Gasteiger partial charge in [0.15, 0.2) is 0 Å². The Bertz CT molecular complexity index is 1460. The number of hydrogen-bond donors (Lipinski definition) is 2. The van der Waals surface area contributed by atoms with Gasteiger partial charge in [0.2, 0.25) is 0 Å². The molecule has 0 fully saturated rings. The van der Waals surface area contributed by atoms with Gasteiger partial charge in [0.25, 0.3) is 0 Å². The van der Waals surface area contributed by atoms with E-state index < -0.39 is 11.7 Å². The van der Waals surface area contributed by atoms with Crippen LogP contribution in [-0.2, 0) is 0 Å². The van der Waals surface area contributed by atoms with Gasteiger partial charge in [-0.25, -0.2) is 9.67 Å². The Kier molecular flexibility index (Phi) is 6.33. The van der Waals surface area contributed by atoms with Gasteiger partial charge in [-0.05, 0) is 37.6 Å². The maximum atomic E-state index is 11.3. The van der Waals surface area contributed by atoms with E-state index in [0.29, 0.717) is 40.9 Å². The molecule has 5 rings (SSSR count). The van der Waals surface area contributed by atoms with Crippen molar-refractivity contribution < 1.29 is 14.9 Å². The smallest absolute Gasteiger partial charge is 0.141 e. The SMILES string of the molecule is CC(C)(O)CCOc1ccc(-n2cc(C(O)c3c(-c4ccccc4)sc4cncn34)nn2)cc1Cl. The third kappa shape index (κ3) is 4.94. The predicted molar refractivity (Wildman–Crippen MR) is 135 cm³/mol. The second-order valence-electron chi connectivity index (χ2n) is 8.80.